The molecule has 0 spiro atoms. The minimum absolute atomic E-state index is 0.114. The molecule has 100 valence electrons. The van der Waals surface area contributed by atoms with Crippen LogP contribution >= 0.6 is 15.9 Å². The van der Waals surface area contributed by atoms with Crippen molar-refractivity contribution in [2.45, 2.75) is 19.3 Å². The van der Waals surface area contributed by atoms with Crippen LogP contribution in [0.3, 0.4) is 0 Å². The number of hydrogen-bond donors (Lipinski definition) is 1. The third kappa shape index (κ3) is 4.27. The number of nitrogens with zero attached hydrogens (tertiary/aromatic N) is 2. The number of rotatable bonds is 7. The quantitative estimate of drug-likeness (QED) is 0.477. The highest BCUT2D eigenvalue weighted by atomic mass is 79.9. The molecule has 0 bridgehead atoms. The molecule has 1 N–H and O–H groups in total. The van der Waals surface area contributed by atoms with E-state index in [4.69, 9.17) is 5.11 Å². The van der Waals surface area contributed by atoms with Crippen LogP contribution < -0.4 is 4.90 Å². The third-order valence-corrected chi connectivity index (χ3v) is 3.19. The van der Waals surface area contributed by atoms with Crippen molar-refractivity contribution in [2.75, 3.05) is 25.1 Å². The van der Waals surface area contributed by atoms with Gasteiger partial charge in [-0.2, -0.15) is 0 Å². The Labute approximate surface area is 115 Å². The SMILES string of the molecule is CN(CCCCCO)c1cc(Br)ccc1[N+](=O)[O-]. The second-order valence-electron chi connectivity index (χ2n) is 4.10. The lowest BCUT2D eigenvalue weighted by Crippen LogP contribution is -2.19. The van der Waals surface area contributed by atoms with Crippen LogP contribution in [-0.2, 0) is 0 Å². The Kier molecular flexibility index (Phi) is 6.07. The number of aliphatic hydroxyl groups excluding tert-OH is 1. The van der Waals surface area contributed by atoms with Crippen molar-refractivity contribution in [1.82, 2.24) is 0 Å². The highest BCUT2D eigenvalue weighted by molar-refractivity contribution is 9.10. The van der Waals surface area contributed by atoms with E-state index in [1.807, 2.05) is 11.9 Å². The first-order chi connectivity index (χ1) is 8.56. The summed E-state index contributed by atoms with van der Waals surface area (Å²) < 4.78 is 0.824. The molecule has 0 aromatic heterocycles. The zero-order chi connectivity index (χ0) is 13.5. The summed E-state index contributed by atoms with van der Waals surface area (Å²) in [7, 11) is 1.84. The Morgan fingerprint density at radius 3 is 2.72 bits per heavy atom. The first-order valence-corrected chi connectivity index (χ1v) is 6.61. The van der Waals surface area contributed by atoms with Crippen LogP contribution in [0.25, 0.3) is 0 Å². The predicted octanol–water partition coefficient (Wildman–Crippen LogP) is 2.96. The van der Waals surface area contributed by atoms with E-state index in [9.17, 15) is 10.1 Å². The van der Waals surface area contributed by atoms with Gasteiger partial charge in [-0.15, -0.1) is 0 Å². The largest absolute Gasteiger partial charge is 0.396 e. The summed E-state index contributed by atoms with van der Waals surface area (Å²) in [4.78, 5) is 12.5. The fourth-order valence-corrected chi connectivity index (χ4v) is 2.06. The minimum atomic E-state index is -0.369. The number of benzene rings is 1. The normalized spacial score (nSPS) is 10.4. The lowest BCUT2D eigenvalue weighted by atomic mass is 10.2. The van der Waals surface area contributed by atoms with Gasteiger partial charge < -0.3 is 10.0 Å². The molecule has 0 atom stereocenters. The fourth-order valence-electron chi connectivity index (χ4n) is 1.71. The standard InChI is InChI=1S/C12H17BrN2O3/c1-14(7-3-2-4-8-16)12-9-10(13)5-6-11(12)15(17)18/h5-6,9,16H,2-4,7-8H2,1H3. The Hall–Kier alpha value is -1.14. The molecule has 1 aromatic carbocycles. The number of anilines is 1. The van der Waals surface area contributed by atoms with Crippen LogP contribution in [0.4, 0.5) is 11.4 Å². The zero-order valence-electron chi connectivity index (χ0n) is 10.3. The van der Waals surface area contributed by atoms with Gasteiger partial charge in [-0.3, -0.25) is 10.1 Å². The van der Waals surface area contributed by atoms with Gasteiger partial charge in [0.25, 0.3) is 5.69 Å². The minimum Gasteiger partial charge on any atom is -0.396 e. The molecule has 5 nitrogen and oxygen atoms in total. The van der Waals surface area contributed by atoms with E-state index in [-0.39, 0.29) is 17.2 Å². The van der Waals surface area contributed by atoms with E-state index in [1.165, 1.54) is 6.07 Å². The van der Waals surface area contributed by atoms with Crippen molar-refractivity contribution in [2.24, 2.45) is 0 Å². The van der Waals surface area contributed by atoms with Crippen LogP contribution in [-0.4, -0.2) is 30.2 Å². The topological polar surface area (TPSA) is 66.6 Å². The summed E-state index contributed by atoms with van der Waals surface area (Å²) in [6, 6.07) is 4.93. The maximum Gasteiger partial charge on any atom is 0.292 e. The van der Waals surface area contributed by atoms with Crippen LogP contribution in [0, 0.1) is 10.1 Å². The molecule has 0 amide bonds. The molecule has 0 aliphatic heterocycles. The highest BCUT2D eigenvalue weighted by Crippen LogP contribution is 2.30. The van der Waals surface area contributed by atoms with Gasteiger partial charge in [-0.05, 0) is 31.4 Å². The smallest absolute Gasteiger partial charge is 0.292 e. The Morgan fingerprint density at radius 2 is 2.11 bits per heavy atom. The average molecular weight is 317 g/mol. The predicted molar refractivity (Wildman–Crippen MR) is 75.0 cm³/mol. The summed E-state index contributed by atoms with van der Waals surface area (Å²) in [5.74, 6) is 0. The average Bonchev–Trinajstić information content (AvgIpc) is 2.34. The number of nitro groups is 1. The summed E-state index contributed by atoms with van der Waals surface area (Å²) in [5.41, 5.74) is 0.723. The monoisotopic (exact) mass is 316 g/mol. The Morgan fingerprint density at radius 1 is 1.39 bits per heavy atom. The van der Waals surface area contributed by atoms with Crippen LogP contribution in [0.5, 0.6) is 0 Å². The van der Waals surface area contributed by atoms with Gasteiger partial charge in [-0.25, -0.2) is 0 Å². The van der Waals surface area contributed by atoms with Gasteiger partial charge in [0.2, 0.25) is 0 Å². The van der Waals surface area contributed by atoms with Crippen molar-refractivity contribution < 1.29 is 10.0 Å². The molecule has 0 aliphatic rings. The Balaban J connectivity index is 2.74. The number of halogens is 1. The molecule has 0 radical (unpaired) electrons. The third-order valence-electron chi connectivity index (χ3n) is 2.70. The number of nitro benzene ring substituents is 1. The second-order valence-corrected chi connectivity index (χ2v) is 5.01. The van der Waals surface area contributed by atoms with Crippen LogP contribution in [0.15, 0.2) is 22.7 Å². The molecule has 1 aromatic rings. The lowest BCUT2D eigenvalue weighted by Gasteiger charge is -2.19. The molecule has 0 heterocycles. The zero-order valence-corrected chi connectivity index (χ0v) is 11.9. The van der Waals surface area contributed by atoms with Crippen LogP contribution in [0.1, 0.15) is 19.3 Å². The van der Waals surface area contributed by atoms with E-state index >= 15 is 0 Å². The van der Waals surface area contributed by atoms with Crippen molar-refractivity contribution in [1.29, 1.82) is 0 Å². The van der Waals surface area contributed by atoms with Crippen molar-refractivity contribution in [3.05, 3.63) is 32.8 Å². The summed E-state index contributed by atoms with van der Waals surface area (Å²) >= 11 is 3.32. The van der Waals surface area contributed by atoms with E-state index in [0.29, 0.717) is 5.69 Å². The lowest BCUT2D eigenvalue weighted by molar-refractivity contribution is -0.384. The summed E-state index contributed by atoms with van der Waals surface area (Å²) in [6.45, 7) is 0.929. The summed E-state index contributed by atoms with van der Waals surface area (Å²) in [5, 5.41) is 19.6. The molecule has 0 aliphatic carbocycles. The van der Waals surface area contributed by atoms with Crippen LogP contribution in [0.2, 0.25) is 0 Å². The highest BCUT2D eigenvalue weighted by Gasteiger charge is 2.16. The molecule has 0 saturated carbocycles. The second kappa shape index (κ2) is 7.33. The maximum atomic E-state index is 10.9. The van der Waals surface area contributed by atoms with Gasteiger partial charge in [-0.1, -0.05) is 15.9 Å². The van der Waals surface area contributed by atoms with Gasteiger partial charge in [0, 0.05) is 30.7 Å². The molecule has 0 saturated heterocycles. The first-order valence-electron chi connectivity index (χ1n) is 5.82. The van der Waals surface area contributed by atoms with Gasteiger partial charge in [0.05, 0.1) is 4.92 Å². The number of hydrogen-bond acceptors (Lipinski definition) is 4. The molecular weight excluding hydrogens is 300 g/mol. The fraction of sp³-hybridized carbons (Fsp3) is 0.500. The molecule has 1 rings (SSSR count). The van der Waals surface area contributed by atoms with Gasteiger partial charge >= 0.3 is 0 Å². The maximum absolute atomic E-state index is 10.9. The number of unbranched alkanes of at least 4 members (excludes halogenated alkanes) is 2. The molecule has 18 heavy (non-hydrogen) atoms. The van der Waals surface area contributed by atoms with Gasteiger partial charge in [0.15, 0.2) is 0 Å². The van der Waals surface area contributed by atoms with E-state index in [1.54, 1.807) is 12.1 Å². The molecule has 0 fully saturated rings. The Bertz CT molecular complexity index is 412. The van der Waals surface area contributed by atoms with Crippen molar-refractivity contribution in [3.63, 3.8) is 0 Å². The molecule has 0 unspecified atom stereocenters. The number of aliphatic hydroxyl groups is 1. The van der Waals surface area contributed by atoms with Crippen molar-refractivity contribution >= 4 is 27.3 Å². The summed E-state index contributed by atoms with van der Waals surface area (Å²) in [6.07, 6.45) is 2.60. The molecule has 6 heteroatoms. The van der Waals surface area contributed by atoms with E-state index < -0.39 is 0 Å². The first kappa shape index (κ1) is 14.9. The van der Waals surface area contributed by atoms with Crippen molar-refractivity contribution in [3.8, 4) is 0 Å². The molecular formula is C12H17BrN2O3. The van der Waals surface area contributed by atoms with E-state index in [0.717, 1.165) is 30.3 Å². The van der Waals surface area contributed by atoms with Gasteiger partial charge in [0.1, 0.15) is 5.69 Å². The van der Waals surface area contributed by atoms with E-state index in [2.05, 4.69) is 15.9 Å².